The molecule has 1 aliphatic heterocycles. The van der Waals surface area contributed by atoms with Gasteiger partial charge < -0.3 is 20.3 Å². The number of nitrogens with zero attached hydrogens (tertiary/aromatic N) is 2. The minimum Gasteiger partial charge on any atom is -0.469 e. The number of methoxy groups -OCH3 is 1. The van der Waals surface area contributed by atoms with Gasteiger partial charge in [0.2, 0.25) is 0 Å². The zero-order chi connectivity index (χ0) is 17.4. The maximum Gasteiger partial charge on any atom is 0.307 e. The van der Waals surface area contributed by atoms with Gasteiger partial charge in [0.25, 0.3) is 0 Å². The number of halogens is 1. The highest BCUT2D eigenvalue weighted by molar-refractivity contribution is 9.10. The van der Waals surface area contributed by atoms with E-state index in [2.05, 4.69) is 65.5 Å². The van der Waals surface area contributed by atoms with Gasteiger partial charge in [-0.1, -0.05) is 15.9 Å². The number of carbonyl (C=O) groups is 1. The highest BCUT2D eigenvalue weighted by atomic mass is 79.9. The maximum atomic E-state index is 11.2. The molecule has 0 spiro atoms. The molecule has 0 bridgehead atoms. The number of benzene rings is 1. The van der Waals surface area contributed by atoms with Crippen LogP contribution in [0.15, 0.2) is 33.7 Å². The first-order valence-corrected chi connectivity index (χ1v) is 9.04. The van der Waals surface area contributed by atoms with Crippen LogP contribution in [0.4, 0.5) is 5.69 Å². The van der Waals surface area contributed by atoms with Gasteiger partial charge in [0.15, 0.2) is 5.96 Å². The maximum absolute atomic E-state index is 11.2. The molecule has 7 heteroatoms. The summed E-state index contributed by atoms with van der Waals surface area (Å²) >= 11 is 3.47. The zero-order valence-corrected chi connectivity index (χ0v) is 15.8. The molecule has 6 nitrogen and oxygen atoms in total. The molecule has 132 valence electrons. The van der Waals surface area contributed by atoms with Crippen LogP contribution < -0.4 is 15.5 Å². The van der Waals surface area contributed by atoms with Gasteiger partial charge >= 0.3 is 5.97 Å². The smallest absolute Gasteiger partial charge is 0.307 e. The molecule has 2 N–H and O–H groups in total. The molecule has 1 aliphatic rings. The highest BCUT2D eigenvalue weighted by Crippen LogP contribution is 2.22. The van der Waals surface area contributed by atoms with Crippen molar-refractivity contribution in [2.24, 2.45) is 4.99 Å². The van der Waals surface area contributed by atoms with Crippen molar-refractivity contribution in [3.8, 4) is 0 Å². The van der Waals surface area contributed by atoms with E-state index in [0.717, 1.165) is 36.5 Å². The van der Waals surface area contributed by atoms with Crippen molar-refractivity contribution in [2.75, 3.05) is 38.2 Å². The Morgan fingerprint density at radius 1 is 1.42 bits per heavy atom. The number of rotatable bonds is 6. The third kappa shape index (κ3) is 5.70. The standard InChI is InChI=1S/C17H25BrN4O2/c1-3-19-17(20-10-8-16(23)24-2)21-14-9-11-22(12-14)15-6-4-13(18)5-7-15/h4-7,14H,3,8-12H2,1-2H3,(H2,19,20,21). The normalized spacial score (nSPS) is 17.7. The van der Waals surface area contributed by atoms with Gasteiger partial charge in [0.05, 0.1) is 20.1 Å². The Morgan fingerprint density at radius 3 is 2.83 bits per heavy atom. The van der Waals surface area contributed by atoms with Gasteiger partial charge in [0.1, 0.15) is 0 Å². The van der Waals surface area contributed by atoms with Crippen LogP contribution in [0.5, 0.6) is 0 Å². The first kappa shape index (κ1) is 18.6. The average molecular weight is 397 g/mol. The van der Waals surface area contributed by atoms with Crippen molar-refractivity contribution < 1.29 is 9.53 Å². The first-order chi connectivity index (χ1) is 11.6. The largest absolute Gasteiger partial charge is 0.469 e. The zero-order valence-electron chi connectivity index (χ0n) is 14.2. The average Bonchev–Trinajstić information content (AvgIpc) is 3.04. The van der Waals surface area contributed by atoms with Crippen molar-refractivity contribution >= 4 is 33.5 Å². The van der Waals surface area contributed by atoms with E-state index in [9.17, 15) is 4.79 Å². The fourth-order valence-corrected chi connectivity index (χ4v) is 2.90. The Labute approximate surface area is 151 Å². The number of hydrogen-bond acceptors (Lipinski definition) is 4. The second-order valence-electron chi connectivity index (χ2n) is 5.64. The van der Waals surface area contributed by atoms with E-state index in [1.54, 1.807) is 0 Å². The topological polar surface area (TPSA) is 66.0 Å². The molecule has 1 aromatic carbocycles. The van der Waals surface area contributed by atoms with Gasteiger partial charge in [-0.05, 0) is 37.6 Å². The SMILES string of the molecule is CCNC(=NCCC(=O)OC)NC1CCN(c2ccc(Br)cc2)C1. The number of esters is 1. The molecule has 0 amide bonds. The molecule has 1 fully saturated rings. The van der Waals surface area contributed by atoms with E-state index in [1.807, 2.05) is 6.92 Å². The highest BCUT2D eigenvalue weighted by Gasteiger charge is 2.23. The van der Waals surface area contributed by atoms with Crippen LogP contribution in [0.3, 0.4) is 0 Å². The summed E-state index contributed by atoms with van der Waals surface area (Å²) in [5.74, 6) is 0.515. The van der Waals surface area contributed by atoms with Crippen LogP contribution in [0.2, 0.25) is 0 Å². The minimum absolute atomic E-state index is 0.239. The molecule has 1 heterocycles. The second kappa shape index (κ2) is 9.52. The number of carbonyl (C=O) groups excluding carboxylic acids is 1. The summed E-state index contributed by atoms with van der Waals surface area (Å²) in [7, 11) is 1.39. The van der Waals surface area contributed by atoms with Gasteiger partial charge in [-0.2, -0.15) is 0 Å². The number of nitrogens with one attached hydrogen (secondary N) is 2. The van der Waals surface area contributed by atoms with Crippen LogP contribution in [0.25, 0.3) is 0 Å². The lowest BCUT2D eigenvalue weighted by molar-refractivity contribution is -0.140. The van der Waals surface area contributed by atoms with E-state index in [1.165, 1.54) is 12.8 Å². The third-order valence-electron chi connectivity index (χ3n) is 3.88. The summed E-state index contributed by atoms with van der Waals surface area (Å²) in [4.78, 5) is 18.0. The Kier molecular flexibility index (Phi) is 7.36. The van der Waals surface area contributed by atoms with E-state index in [-0.39, 0.29) is 5.97 Å². The van der Waals surface area contributed by atoms with Gasteiger partial charge in [0, 0.05) is 35.8 Å². The minimum atomic E-state index is -0.239. The molecule has 0 radical (unpaired) electrons. The summed E-state index contributed by atoms with van der Waals surface area (Å²) in [6.45, 7) is 5.18. The molecule has 1 atom stereocenters. The molecular weight excluding hydrogens is 372 g/mol. The third-order valence-corrected chi connectivity index (χ3v) is 4.41. The predicted molar refractivity (Wildman–Crippen MR) is 101 cm³/mol. The summed E-state index contributed by atoms with van der Waals surface area (Å²) in [5, 5.41) is 6.68. The second-order valence-corrected chi connectivity index (χ2v) is 6.55. The molecule has 24 heavy (non-hydrogen) atoms. The first-order valence-electron chi connectivity index (χ1n) is 8.24. The number of aliphatic imine (C=N–C) groups is 1. The summed E-state index contributed by atoms with van der Waals surface area (Å²) in [5.41, 5.74) is 1.23. The van der Waals surface area contributed by atoms with Crippen molar-refractivity contribution in [3.05, 3.63) is 28.7 Å². The van der Waals surface area contributed by atoms with E-state index >= 15 is 0 Å². The van der Waals surface area contributed by atoms with Gasteiger partial charge in [-0.15, -0.1) is 0 Å². The molecule has 0 aliphatic carbocycles. The molecule has 2 rings (SSSR count). The van der Waals surface area contributed by atoms with E-state index in [0.29, 0.717) is 19.0 Å². The fraction of sp³-hybridized carbons (Fsp3) is 0.529. The van der Waals surface area contributed by atoms with Crippen LogP contribution in [0, 0.1) is 0 Å². The lowest BCUT2D eigenvalue weighted by Crippen LogP contribution is -2.44. The van der Waals surface area contributed by atoms with Crippen molar-refractivity contribution in [2.45, 2.75) is 25.8 Å². The Hall–Kier alpha value is -1.76. The van der Waals surface area contributed by atoms with Crippen molar-refractivity contribution in [3.63, 3.8) is 0 Å². The lowest BCUT2D eigenvalue weighted by Gasteiger charge is -2.20. The predicted octanol–water partition coefficient (Wildman–Crippen LogP) is 2.15. The van der Waals surface area contributed by atoms with Crippen molar-refractivity contribution in [1.82, 2.24) is 10.6 Å². The number of ether oxygens (including phenoxy) is 1. The van der Waals surface area contributed by atoms with E-state index < -0.39 is 0 Å². The fourth-order valence-electron chi connectivity index (χ4n) is 2.64. The monoisotopic (exact) mass is 396 g/mol. The lowest BCUT2D eigenvalue weighted by atomic mass is 10.3. The van der Waals surface area contributed by atoms with Crippen LogP contribution in [-0.2, 0) is 9.53 Å². The quantitative estimate of drug-likeness (QED) is 0.438. The number of hydrogen-bond donors (Lipinski definition) is 2. The summed E-state index contributed by atoms with van der Waals surface area (Å²) in [6.07, 6.45) is 1.35. The van der Waals surface area contributed by atoms with Crippen LogP contribution in [-0.4, -0.2) is 51.3 Å². The Morgan fingerprint density at radius 2 is 2.17 bits per heavy atom. The van der Waals surface area contributed by atoms with Crippen LogP contribution >= 0.6 is 15.9 Å². The summed E-state index contributed by atoms with van der Waals surface area (Å²) in [6, 6.07) is 8.72. The molecule has 1 saturated heterocycles. The molecule has 1 aromatic rings. The van der Waals surface area contributed by atoms with Gasteiger partial charge in [-0.25, -0.2) is 0 Å². The molecule has 0 saturated carbocycles. The number of guanidine groups is 1. The molecule has 0 aromatic heterocycles. The number of anilines is 1. The van der Waals surface area contributed by atoms with Crippen molar-refractivity contribution in [1.29, 1.82) is 0 Å². The summed E-state index contributed by atoms with van der Waals surface area (Å²) < 4.78 is 5.73. The Balaban J connectivity index is 1.87. The van der Waals surface area contributed by atoms with Crippen LogP contribution in [0.1, 0.15) is 19.8 Å². The molecular formula is C17H25BrN4O2. The Bertz CT molecular complexity index is 562. The van der Waals surface area contributed by atoms with Gasteiger partial charge in [-0.3, -0.25) is 9.79 Å². The van der Waals surface area contributed by atoms with E-state index in [4.69, 9.17) is 0 Å². The molecule has 1 unspecified atom stereocenters.